The number of ether oxygens (including phenoxy) is 1. The second kappa shape index (κ2) is 6.35. The molecule has 18 heavy (non-hydrogen) atoms. The molecule has 3 unspecified atom stereocenters. The molecular weight excluding hydrogens is 222 g/mol. The van der Waals surface area contributed by atoms with Crippen molar-refractivity contribution in [1.29, 1.82) is 0 Å². The second-order valence-electron chi connectivity index (χ2n) is 5.19. The molecule has 0 amide bonds. The molecule has 0 aliphatic heterocycles. The van der Waals surface area contributed by atoms with E-state index in [0.717, 1.165) is 26.0 Å². The molecule has 100 valence electrons. The van der Waals surface area contributed by atoms with Gasteiger partial charge in [0.15, 0.2) is 0 Å². The minimum absolute atomic E-state index is 0.312. The van der Waals surface area contributed by atoms with E-state index in [2.05, 4.69) is 50.4 Å². The van der Waals surface area contributed by atoms with Gasteiger partial charge in [0.1, 0.15) is 0 Å². The Labute approximate surface area is 111 Å². The highest BCUT2D eigenvalue weighted by atomic mass is 16.5. The van der Waals surface area contributed by atoms with Gasteiger partial charge in [-0.05, 0) is 43.4 Å². The van der Waals surface area contributed by atoms with Gasteiger partial charge in [-0.25, -0.2) is 0 Å². The molecule has 0 saturated heterocycles. The number of nitrogens with one attached hydrogen (secondary N) is 1. The second-order valence-corrected chi connectivity index (χ2v) is 5.19. The summed E-state index contributed by atoms with van der Waals surface area (Å²) in [7, 11) is 0. The molecule has 0 bridgehead atoms. The third kappa shape index (κ3) is 2.76. The van der Waals surface area contributed by atoms with Gasteiger partial charge < -0.3 is 10.1 Å². The average molecular weight is 247 g/mol. The van der Waals surface area contributed by atoms with Gasteiger partial charge in [0.05, 0.1) is 12.1 Å². The Morgan fingerprint density at radius 3 is 2.61 bits per heavy atom. The smallest absolute Gasteiger partial charge is 0.0775 e. The number of hydrogen-bond donors (Lipinski definition) is 1. The lowest BCUT2D eigenvalue weighted by Crippen LogP contribution is -2.39. The molecule has 0 aromatic heterocycles. The van der Waals surface area contributed by atoms with Gasteiger partial charge in [-0.15, -0.1) is 0 Å². The molecule has 1 N–H and O–H groups in total. The minimum atomic E-state index is 0.312. The van der Waals surface area contributed by atoms with Crippen LogP contribution in [0.25, 0.3) is 0 Å². The zero-order chi connectivity index (χ0) is 13.0. The molecule has 0 radical (unpaired) electrons. The fourth-order valence-electron chi connectivity index (χ4n) is 2.97. The van der Waals surface area contributed by atoms with Gasteiger partial charge in [0.25, 0.3) is 0 Å². The molecule has 2 nitrogen and oxygen atoms in total. The molecule has 1 aromatic rings. The average Bonchev–Trinajstić information content (AvgIpc) is 2.39. The Bertz CT molecular complexity index is 377. The van der Waals surface area contributed by atoms with E-state index in [1.165, 1.54) is 11.1 Å². The lowest BCUT2D eigenvalue weighted by Gasteiger charge is -2.37. The minimum Gasteiger partial charge on any atom is -0.377 e. The molecule has 0 heterocycles. The summed E-state index contributed by atoms with van der Waals surface area (Å²) in [6.45, 7) is 8.45. The summed E-state index contributed by atoms with van der Waals surface area (Å²) >= 11 is 0. The van der Waals surface area contributed by atoms with Crippen LogP contribution in [-0.4, -0.2) is 19.3 Å². The molecule has 1 aromatic carbocycles. The summed E-state index contributed by atoms with van der Waals surface area (Å²) in [6, 6.07) is 9.17. The Morgan fingerprint density at radius 1 is 1.22 bits per heavy atom. The largest absolute Gasteiger partial charge is 0.377 e. The van der Waals surface area contributed by atoms with Gasteiger partial charge in [-0.2, -0.15) is 0 Å². The zero-order valence-corrected chi connectivity index (χ0v) is 11.8. The summed E-state index contributed by atoms with van der Waals surface area (Å²) < 4.78 is 5.96. The van der Waals surface area contributed by atoms with Crippen LogP contribution in [0.1, 0.15) is 56.7 Å². The summed E-state index contributed by atoms with van der Waals surface area (Å²) in [5.74, 6) is 0.595. The molecule has 2 heteroatoms. The maximum absolute atomic E-state index is 5.96. The van der Waals surface area contributed by atoms with Crippen LogP contribution in [0, 0.1) is 0 Å². The van der Waals surface area contributed by atoms with Crippen molar-refractivity contribution in [3.63, 3.8) is 0 Å². The number of fused-ring (bicyclic) bond motifs is 1. The van der Waals surface area contributed by atoms with E-state index in [0.29, 0.717) is 18.1 Å². The van der Waals surface area contributed by atoms with Gasteiger partial charge >= 0.3 is 0 Å². The topological polar surface area (TPSA) is 21.3 Å². The molecule has 0 spiro atoms. The highest BCUT2D eigenvalue weighted by molar-refractivity contribution is 5.36. The van der Waals surface area contributed by atoms with Crippen molar-refractivity contribution in [2.75, 3.05) is 13.2 Å². The first-order chi connectivity index (χ1) is 8.77. The third-order valence-electron chi connectivity index (χ3n) is 3.81. The van der Waals surface area contributed by atoms with Crippen molar-refractivity contribution in [2.24, 2.45) is 0 Å². The Hall–Kier alpha value is -0.860. The van der Waals surface area contributed by atoms with Gasteiger partial charge in [-0.1, -0.05) is 38.1 Å². The normalized spacial score (nSPS) is 26.9. The van der Waals surface area contributed by atoms with E-state index in [-0.39, 0.29) is 0 Å². The number of hydrogen-bond acceptors (Lipinski definition) is 2. The van der Waals surface area contributed by atoms with Crippen molar-refractivity contribution in [2.45, 2.75) is 51.7 Å². The molecule has 0 fully saturated rings. The van der Waals surface area contributed by atoms with Crippen LogP contribution in [-0.2, 0) is 4.74 Å². The predicted molar refractivity (Wildman–Crippen MR) is 75.9 cm³/mol. The first-order valence-corrected chi connectivity index (χ1v) is 7.21. The molecule has 2 rings (SSSR count). The first-order valence-electron chi connectivity index (χ1n) is 7.21. The van der Waals surface area contributed by atoms with Crippen molar-refractivity contribution >= 4 is 0 Å². The first kappa shape index (κ1) is 13.6. The monoisotopic (exact) mass is 247 g/mol. The number of rotatable bonds is 5. The van der Waals surface area contributed by atoms with E-state index in [1.807, 2.05) is 0 Å². The van der Waals surface area contributed by atoms with E-state index in [4.69, 9.17) is 4.74 Å². The van der Waals surface area contributed by atoms with Crippen LogP contribution in [0.2, 0.25) is 0 Å². The lowest BCUT2D eigenvalue weighted by atomic mass is 9.79. The van der Waals surface area contributed by atoms with Gasteiger partial charge in [0, 0.05) is 6.61 Å². The van der Waals surface area contributed by atoms with Crippen LogP contribution in [0.3, 0.4) is 0 Å². The van der Waals surface area contributed by atoms with Crippen LogP contribution < -0.4 is 5.32 Å². The predicted octanol–water partition coefficient (Wildman–Crippen LogP) is 3.64. The summed E-state index contributed by atoms with van der Waals surface area (Å²) in [5, 5.41) is 3.66. The maximum Gasteiger partial charge on any atom is 0.0775 e. The van der Waals surface area contributed by atoms with Crippen molar-refractivity contribution in [3.05, 3.63) is 35.4 Å². The van der Waals surface area contributed by atoms with E-state index in [1.54, 1.807) is 0 Å². The fourth-order valence-corrected chi connectivity index (χ4v) is 2.97. The molecule has 3 atom stereocenters. The third-order valence-corrected chi connectivity index (χ3v) is 3.81. The molecule has 1 aliphatic carbocycles. The van der Waals surface area contributed by atoms with E-state index < -0.39 is 0 Å². The fraction of sp³-hybridized carbons (Fsp3) is 0.625. The van der Waals surface area contributed by atoms with Crippen LogP contribution in [0.15, 0.2) is 24.3 Å². The standard InChI is InChI=1S/C16H25NO/c1-4-10-17-16-14-9-7-6-8-13(14)12(3)11-15(16)18-5-2/h6-9,12,15-17H,4-5,10-11H2,1-3H3. The summed E-state index contributed by atoms with van der Waals surface area (Å²) in [5.41, 5.74) is 2.92. The van der Waals surface area contributed by atoms with Crippen LogP contribution >= 0.6 is 0 Å². The Kier molecular flexibility index (Phi) is 4.79. The highest BCUT2D eigenvalue weighted by Crippen LogP contribution is 2.38. The quantitative estimate of drug-likeness (QED) is 0.857. The highest BCUT2D eigenvalue weighted by Gasteiger charge is 2.32. The summed E-state index contributed by atoms with van der Waals surface area (Å²) in [6.07, 6.45) is 2.59. The molecule has 1 aliphatic rings. The molecule has 0 saturated carbocycles. The van der Waals surface area contributed by atoms with E-state index in [9.17, 15) is 0 Å². The molecular formula is C16H25NO. The van der Waals surface area contributed by atoms with Gasteiger partial charge in [-0.3, -0.25) is 0 Å². The zero-order valence-electron chi connectivity index (χ0n) is 11.8. The Morgan fingerprint density at radius 2 is 1.94 bits per heavy atom. The van der Waals surface area contributed by atoms with Gasteiger partial charge in [0.2, 0.25) is 0 Å². The van der Waals surface area contributed by atoms with Crippen molar-refractivity contribution in [3.8, 4) is 0 Å². The van der Waals surface area contributed by atoms with Crippen molar-refractivity contribution < 1.29 is 4.74 Å². The maximum atomic E-state index is 5.96. The lowest BCUT2D eigenvalue weighted by molar-refractivity contribution is 0.0184. The van der Waals surface area contributed by atoms with Crippen LogP contribution in [0.5, 0.6) is 0 Å². The van der Waals surface area contributed by atoms with E-state index >= 15 is 0 Å². The summed E-state index contributed by atoms with van der Waals surface area (Å²) in [4.78, 5) is 0. The SMILES string of the molecule is CCCNC1c2ccccc2C(C)CC1OCC. The van der Waals surface area contributed by atoms with Crippen LogP contribution in [0.4, 0.5) is 0 Å². The Balaban J connectivity index is 2.26. The number of benzene rings is 1. The van der Waals surface area contributed by atoms with Crippen molar-refractivity contribution in [1.82, 2.24) is 5.32 Å².